The lowest BCUT2D eigenvalue weighted by molar-refractivity contribution is 0.102. The number of carbonyl (C=O) groups excluding carboxylic acids is 1. The molecule has 0 aromatic heterocycles. The van der Waals surface area contributed by atoms with E-state index in [4.69, 9.17) is 0 Å². The number of halogens is 1. The molecular weight excluding hydrogens is 391 g/mol. The maximum absolute atomic E-state index is 14.4. The van der Waals surface area contributed by atoms with Gasteiger partial charge >= 0.3 is 0 Å². The van der Waals surface area contributed by atoms with E-state index in [2.05, 4.69) is 5.32 Å². The number of sulfonamides is 1. The van der Waals surface area contributed by atoms with Gasteiger partial charge in [-0.15, -0.1) is 0 Å². The van der Waals surface area contributed by atoms with Gasteiger partial charge in [0.05, 0.1) is 10.5 Å². The van der Waals surface area contributed by atoms with Gasteiger partial charge in [-0.05, 0) is 73.6 Å². The number of amides is 1. The number of aryl methyl sites for hydroxylation is 2. The number of rotatable bonds is 4. The third-order valence-electron chi connectivity index (χ3n) is 5.42. The van der Waals surface area contributed by atoms with Crippen LogP contribution < -0.4 is 5.32 Å². The highest BCUT2D eigenvalue weighted by Gasteiger charge is 2.32. The Kier molecular flexibility index (Phi) is 6.10. The van der Waals surface area contributed by atoms with Crippen LogP contribution in [0.1, 0.15) is 41.8 Å². The predicted octanol–water partition coefficient (Wildman–Crippen LogP) is 4.36. The number of nitrogens with one attached hydrogen (secondary N) is 1. The Labute approximate surface area is 172 Å². The van der Waals surface area contributed by atoms with Gasteiger partial charge < -0.3 is 5.32 Å². The molecule has 2 aromatic carbocycles. The second-order valence-corrected chi connectivity index (χ2v) is 10.1. The molecule has 2 atom stereocenters. The van der Waals surface area contributed by atoms with E-state index in [1.807, 2.05) is 33.8 Å². The molecule has 7 heteroatoms. The van der Waals surface area contributed by atoms with Crippen molar-refractivity contribution in [1.29, 1.82) is 0 Å². The topological polar surface area (TPSA) is 66.5 Å². The van der Waals surface area contributed by atoms with Gasteiger partial charge in [0.1, 0.15) is 5.82 Å². The fourth-order valence-corrected chi connectivity index (χ4v) is 5.51. The molecule has 0 saturated carbocycles. The summed E-state index contributed by atoms with van der Waals surface area (Å²) in [5.74, 6) is -0.933. The van der Waals surface area contributed by atoms with Crippen molar-refractivity contribution in [2.24, 2.45) is 11.8 Å². The molecule has 29 heavy (non-hydrogen) atoms. The summed E-state index contributed by atoms with van der Waals surface area (Å²) in [6.45, 7) is 8.76. The zero-order valence-electron chi connectivity index (χ0n) is 17.2. The van der Waals surface area contributed by atoms with E-state index in [1.54, 1.807) is 12.1 Å². The summed E-state index contributed by atoms with van der Waals surface area (Å²) >= 11 is 0. The quantitative estimate of drug-likeness (QED) is 0.802. The van der Waals surface area contributed by atoms with Crippen LogP contribution in [0.4, 0.5) is 10.1 Å². The summed E-state index contributed by atoms with van der Waals surface area (Å²) in [6.07, 6.45) is 0.971. The largest absolute Gasteiger partial charge is 0.322 e. The first kappa shape index (κ1) is 21.5. The second kappa shape index (κ2) is 8.24. The highest BCUT2D eigenvalue weighted by Crippen LogP contribution is 2.28. The molecule has 1 N–H and O–H groups in total. The minimum absolute atomic E-state index is 0.0644. The van der Waals surface area contributed by atoms with Crippen molar-refractivity contribution in [2.45, 2.75) is 39.0 Å². The Morgan fingerprint density at radius 1 is 1.03 bits per heavy atom. The molecule has 0 radical (unpaired) electrons. The molecule has 1 heterocycles. The van der Waals surface area contributed by atoms with Gasteiger partial charge in [0.2, 0.25) is 10.0 Å². The van der Waals surface area contributed by atoms with Crippen molar-refractivity contribution in [3.8, 4) is 0 Å². The summed E-state index contributed by atoms with van der Waals surface area (Å²) in [5, 5.41) is 2.65. The fourth-order valence-electron chi connectivity index (χ4n) is 3.81. The third kappa shape index (κ3) is 4.67. The highest BCUT2D eigenvalue weighted by atomic mass is 32.2. The number of piperidine rings is 1. The molecule has 0 bridgehead atoms. The van der Waals surface area contributed by atoms with Crippen molar-refractivity contribution >= 4 is 21.6 Å². The molecule has 0 aliphatic carbocycles. The van der Waals surface area contributed by atoms with Gasteiger partial charge in [-0.3, -0.25) is 4.79 Å². The van der Waals surface area contributed by atoms with Crippen LogP contribution in [0.25, 0.3) is 0 Å². The van der Waals surface area contributed by atoms with Crippen molar-refractivity contribution in [3.63, 3.8) is 0 Å². The van der Waals surface area contributed by atoms with Crippen LogP contribution in [-0.2, 0) is 10.0 Å². The van der Waals surface area contributed by atoms with E-state index in [0.717, 1.165) is 29.7 Å². The summed E-state index contributed by atoms with van der Waals surface area (Å²) in [4.78, 5) is 12.6. The van der Waals surface area contributed by atoms with Crippen molar-refractivity contribution in [3.05, 3.63) is 58.9 Å². The zero-order valence-corrected chi connectivity index (χ0v) is 18.0. The van der Waals surface area contributed by atoms with Crippen molar-refractivity contribution in [2.75, 3.05) is 18.4 Å². The summed E-state index contributed by atoms with van der Waals surface area (Å²) in [6, 6.07) is 8.78. The first-order chi connectivity index (χ1) is 13.6. The number of hydrogen-bond acceptors (Lipinski definition) is 3. The molecule has 2 aromatic rings. The number of nitrogens with zero attached hydrogens (tertiary/aromatic N) is 1. The SMILES string of the molecule is Cc1ccc(NC(=O)c2cc(S(=O)(=O)N3C[C@H](C)C[C@@H](C)C3)ccc2F)cc1C. The van der Waals surface area contributed by atoms with E-state index in [-0.39, 0.29) is 22.3 Å². The number of anilines is 1. The molecule has 1 amide bonds. The fraction of sp³-hybridized carbons (Fsp3) is 0.409. The molecule has 3 rings (SSSR count). The first-order valence-electron chi connectivity index (χ1n) is 9.76. The lowest BCUT2D eigenvalue weighted by Crippen LogP contribution is -2.42. The maximum Gasteiger partial charge on any atom is 0.258 e. The molecular formula is C22H27FN2O3S. The monoisotopic (exact) mass is 418 g/mol. The maximum atomic E-state index is 14.4. The zero-order chi connectivity index (χ0) is 21.3. The Morgan fingerprint density at radius 2 is 1.69 bits per heavy atom. The molecule has 156 valence electrons. The van der Waals surface area contributed by atoms with Crippen LogP contribution in [0.3, 0.4) is 0 Å². The van der Waals surface area contributed by atoms with Gasteiger partial charge in [0, 0.05) is 18.8 Å². The highest BCUT2D eigenvalue weighted by molar-refractivity contribution is 7.89. The van der Waals surface area contributed by atoms with Crippen LogP contribution in [0.15, 0.2) is 41.3 Å². The molecule has 1 saturated heterocycles. The Balaban J connectivity index is 1.89. The smallest absolute Gasteiger partial charge is 0.258 e. The van der Waals surface area contributed by atoms with Gasteiger partial charge in [0.25, 0.3) is 5.91 Å². The van der Waals surface area contributed by atoms with Crippen LogP contribution in [0, 0.1) is 31.5 Å². The van der Waals surface area contributed by atoms with Crippen LogP contribution >= 0.6 is 0 Å². The molecule has 1 aliphatic heterocycles. The Hall–Kier alpha value is -2.25. The van der Waals surface area contributed by atoms with Gasteiger partial charge in [-0.2, -0.15) is 4.31 Å². The Morgan fingerprint density at radius 3 is 2.31 bits per heavy atom. The minimum atomic E-state index is -3.80. The molecule has 0 unspecified atom stereocenters. The minimum Gasteiger partial charge on any atom is -0.322 e. The van der Waals surface area contributed by atoms with E-state index < -0.39 is 21.7 Å². The standard InChI is InChI=1S/C22H27FN2O3S/c1-14-9-15(2)13-25(12-14)29(27,28)19-7-8-21(23)20(11-19)22(26)24-18-6-5-16(3)17(4)10-18/h5-8,10-11,14-15H,9,12-13H2,1-4H3,(H,24,26)/t14-,15-/m1/s1. The normalized spacial score (nSPS) is 20.4. The van der Waals surface area contributed by atoms with E-state index in [9.17, 15) is 17.6 Å². The number of benzene rings is 2. The van der Waals surface area contributed by atoms with Crippen LogP contribution in [-0.4, -0.2) is 31.7 Å². The predicted molar refractivity (Wildman–Crippen MR) is 112 cm³/mol. The first-order valence-corrected chi connectivity index (χ1v) is 11.2. The summed E-state index contributed by atoms with van der Waals surface area (Å²) in [7, 11) is -3.80. The molecule has 1 aliphatic rings. The second-order valence-electron chi connectivity index (χ2n) is 8.16. The average molecular weight is 419 g/mol. The summed E-state index contributed by atoms with van der Waals surface area (Å²) < 4.78 is 41.9. The van der Waals surface area contributed by atoms with Gasteiger partial charge in [-0.1, -0.05) is 19.9 Å². The molecule has 0 spiro atoms. The molecule has 1 fully saturated rings. The van der Waals surface area contributed by atoms with Crippen LogP contribution in [0.2, 0.25) is 0 Å². The lowest BCUT2D eigenvalue weighted by Gasteiger charge is -2.34. The Bertz CT molecular complexity index is 1030. The number of carbonyl (C=O) groups is 1. The van der Waals surface area contributed by atoms with Gasteiger partial charge in [-0.25, -0.2) is 12.8 Å². The number of hydrogen-bond donors (Lipinski definition) is 1. The third-order valence-corrected chi connectivity index (χ3v) is 7.25. The van der Waals surface area contributed by atoms with E-state index in [1.165, 1.54) is 10.4 Å². The van der Waals surface area contributed by atoms with Crippen molar-refractivity contribution in [1.82, 2.24) is 4.31 Å². The van der Waals surface area contributed by atoms with E-state index >= 15 is 0 Å². The molecule has 5 nitrogen and oxygen atoms in total. The van der Waals surface area contributed by atoms with E-state index in [0.29, 0.717) is 18.8 Å². The average Bonchev–Trinajstić information content (AvgIpc) is 2.64. The van der Waals surface area contributed by atoms with Gasteiger partial charge in [0.15, 0.2) is 0 Å². The van der Waals surface area contributed by atoms with Crippen LogP contribution in [0.5, 0.6) is 0 Å². The lowest BCUT2D eigenvalue weighted by atomic mass is 9.94. The summed E-state index contributed by atoms with van der Waals surface area (Å²) in [5.41, 5.74) is 2.31. The van der Waals surface area contributed by atoms with Crippen molar-refractivity contribution < 1.29 is 17.6 Å².